The summed E-state index contributed by atoms with van der Waals surface area (Å²) in [6.07, 6.45) is 5.34. The van der Waals surface area contributed by atoms with Gasteiger partial charge in [-0.1, -0.05) is 37.8 Å². The van der Waals surface area contributed by atoms with Crippen LogP contribution in [-0.2, 0) is 10.0 Å². The quantitative estimate of drug-likeness (QED) is 0.664. The first-order valence-electron chi connectivity index (χ1n) is 6.97. The Morgan fingerprint density at radius 2 is 1.95 bits per heavy atom. The number of hydrogen-bond donors (Lipinski definition) is 2. The average molecular weight is 317 g/mol. The van der Waals surface area contributed by atoms with E-state index in [4.69, 9.17) is 17.3 Å². The lowest BCUT2D eigenvalue weighted by molar-refractivity contribution is 0.399. The van der Waals surface area contributed by atoms with Crippen molar-refractivity contribution in [2.45, 2.75) is 50.0 Å². The lowest BCUT2D eigenvalue weighted by Gasteiger charge is -2.23. The number of nitrogens with one attached hydrogen (secondary N) is 1. The van der Waals surface area contributed by atoms with Crippen molar-refractivity contribution in [1.29, 1.82) is 0 Å². The number of hydrogen-bond acceptors (Lipinski definition) is 3. The molecular weight excluding hydrogens is 296 g/mol. The fourth-order valence-corrected chi connectivity index (χ4v) is 4.60. The molecule has 0 bridgehead atoms. The van der Waals surface area contributed by atoms with Crippen LogP contribution in [-0.4, -0.2) is 14.5 Å². The highest BCUT2D eigenvalue weighted by Crippen LogP contribution is 2.27. The summed E-state index contributed by atoms with van der Waals surface area (Å²) in [6.45, 7) is 2.10. The zero-order valence-corrected chi connectivity index (χ0v) is 13.2. The average Bonchev–Trinajstić information content (AvgIpc) is 2.54. The molecule has 20 heavy (non-hydrogen) atoms. The molecule has 112 valence electrons. The highest BCUT2D eigenvalue weighted by Gasteiger charge is 2.27. The van der Waals surface area contributed by atoms with Crippen LogP contribution >= 0.6 is 11.6 Å². The zero-order chi connectivity index (χ0) is 14.8. The number of benzene rings is 1. The van der Waals surface area contributed by atoms with E-state index in [-0.39, 0.29) is 16.0 Å². The SMILES string of the molecule is CC1CCCCCC1NS(=O)(=O)c1ccc(N)cc1Cl. The Morgan fingerprint density at radius 3 is 2.65 bits per heavy atom. The van der Waals surface area contributed by atoms with Gasteiger partial charge in [-0.2, -0.15) is 0 Å². The summed E-state index contributed by atoms with van der Waals surface area (Å²) in [5.41, 5.74) is 6.05. The third-order valence-corrected chi connectivity index (χ3v) is 5.89. The fourth-order valence-electron chi connectivity index (χ4n) is 2.67. The Kier molecular flexibility index (Phi) is 4.94. The van der Waals surface area contributed by atoms with E-state index in [9.17, 15) is 8.42 Å². The van der Waals surface area contributed by atoms with E-state index >= 15 is 0 Å². The van der Waals surface area contributed by atoms with E-state index in [1.54, 1.807) is 6.07 Å². The first-order chi connectivity index (χ1) is 9.40. The maximum Gasteiger partial charge on any atom is 0.242 e. The molecule has 4 nitrogen and oxygen atoms in total. The molecule has 1 saturated carbocycles. The van der Waals surface area contributed by atoms with Gasteiger partial charge in [0, 0.05) is 11.7 Å². The van der Waals surface area contributed by atoms with E-state index in [2.05, 4.69) is 11.6 Å². The third kappa shape index (κ3) is 3.65. The normalized spacial score (nSPS) is 24.3. The second kappa shape index (κ2) is 6.33. The second-order valence-corrected chi connectivity index (χ2v) is 7.62. The minimum Gasteiger partial charge on any atom is -0.399 e. The molecule has 0 spiro atoms. The molecule has 2 rings (SSSR count). The van der Waals surface area contributed by atoms with Gasteiger partial charge < -0.3 is 5.73 Å². The van der Waals surface area contributed by atoms with E-state index < -0.39 is 10.0 Å². The highest BCUT2D eigenvalue weighted by molar-refractivity contribution is 7.89. The van der Waals surface area contributed by atoms with Crippen LogP contribution < -0.4 is 10.5 Å². The molecule has 3 N–H and O–H groups in total. The van der Waals surface area contributed by atoms with Crippen molar-refractivity contribution in [3.8, 4) is 0 Å². The standard InChI is InChI=1S/C14H21ClN2O2S/c1-10-5-3-2-4-6-13(10)17-20(18,19)14-8-7-11(16)9-12(14)15/h7-10,13,17H,2-6,16H2,1H3. The van der Waals surface area contributed by atoms with Gasteiger partial charge in [0.15, 0.2) is 0 Å². The van der Waals surface area contributed by atoms with Gasteiger partial charge in [-0.3, -0.25) is 0 Å². The Morgan fingerprint density at radius 1 is 1.25 bits per heavy atom. The molecule has 2 unspecified atom stereocenters. The van der Waals surface area contributed by atoms with Crippen LogP contribution in [0.3, 0.4) is 0 Å². The van der Waals surface area contributed by atoms with Crippen LogP contribution in [0.5, 0.6) is 0 Å². The molecule has 6 heteroatoms. The minimum atomic E-state index is -3.59. The summed E-state index contributed by atoms with van der Waals surface area (Å²) >= 11 is 6.00. The van der Waals surface area contributed by atoms with Crippen molar-refractivity contribution in [3.05, 3.63) is 23.2 Å². The van der Waals surface area contributed by atoms with Crippen molar-refractivity contribution >= 4 is 27.3 Å². The molecule has 1 fully saturated rings. The number of nitrogens with two attached hydrogens (primary N) is 1. The van der Waals surface area contributed by atoms with Gasteiger partial charge >= 0.3 is 0 Å². The largest absolute Gasteiger partial charge is 0.399 e. The molecule has 2 atom stereocenters. The van der Waals surface area contributed by atoms with E-state index in [1.165, 1.54) is 25.0 Å². The lowest BCUT2D eigenvalue weighted by atomic mass is 9.98. The lowest BCUT2D eigenvalue weighted by Crippen LogP contribution is -2.38. The van der Waals surface area contributed by atoms with Crippen LogP contribution in [0.1, 0.15) is 39.0 Å². The molecule has 0 radical (unpaired) electrons. The summed E-state index contributed by atoms with van der Waals surface area (Å²) in [4.78, 5) is 0.102. The van der Waals surface area contributed by atoms with Crippen molar-refractivity contribution in [1.82, 2.24) is 4.72 Å². The second-order valence-electron chi connectivity index (χ2n) is 5.53. The van der Waals surface area contributed by atoms with Crippen LogP contribution in [0.15, 0.2) is 23.1 Å². The molecule has 0 saturated heterocycles. The van der Waals surface area contributed by atoms with Crippen molar-refractivity contribution in [3.63, 3.8) is 0 Å². The zero-order valence-electron chi connectivity index (χ0n) is 11.6. The summed E-state index contributed by atoms with van der Waals surface area (Å²) < 4.78 is 27.7. The molecular formula is C14H21ClN2O2S. The molecule has 1 aliphatic rings. The minimum absolute atomic E-state index is 0.0175. The third-order valence-electron chi connectivity index (χ3n) is 3.91. The van der Waals surface area contributed by atoms with Crippen molar-refractivity contribution in [2.24, 2.45) is 5.92 Å². The first-order valence-corrected chi connectivity index (χ1v) is 8.83. The molecule has 0 aliphatic heterocycles. The van der Waals surface area contributed by atoms with Crippen LogP contribution in [0.2, 0.25) is 5.02 Å². The number of rotatable bonds is 3. The maximum atomic E-state index is 12.5. The predicted octanol–water partition coefficient (Wildman–Crippen LogP) is 3.17. The van der Waals surface area contributed by atoms with Gasteiger partial charge in [0.05, 0.1) is 5.02 Å². The fraction of sp³-hybridized carbons (Fsp3) is 0.571. The van der Waals surface area contributed by atoms with Crippen LogP contribution in [0.25, 0.3) is 0 Å². The maximum absolute atomic E-state index is 12.5. The molecule has 0 aromatic heterocycles. The Balaban J connectivity index is 2.21. The van der Waals surface area contributed by atoms with Gasteiger partial charge in [0.2, 0.25) is 10.0 Å². The Hall–Kier alpha value is -0.780. The molecule has 0 amide bonds. The van der Waals surface area contributed by atoms with Gasteiger partial charge in [-0.25, -0.2) is 13.1 Å². The number of anilines is 1. The van der Waals surface area contributed by atoms with Crippen LogP contribution in [0.4, 0.5) is 5.69 Å². The van der Waals surface area contributed by atoms with Gasteiger partial charge in [-0.05, 0) is 37.0 Å². The Labute approximate surface area is 125 Å². The first kappa shape index (κ1) is 15.6. The Bertz CT molecular complexity index is 575. The predicted molar refractivity (Wildman–Crippen MR) is 82.2 cm³/mol. The summed E-state index contributed by atoms with van der Waals surface area (Å²) in [6, 6.07) is 4.46. The molecule has 0 heterocycles. The molecule has 1 aromatic carbocycles. The van der Waals surface area contributed by atoms with Crippen LogP contribution in [0, 0.1) is 5.92 Å². The van der Waals surface area contributed by atoms with Crippen molar-refractivity contribution < 1.29 is 8.42 Å². The monoisotopic (exact) mass is 316 g/mol. The van der Waals surface area contributed by atoms with E-state index in [1.807, 2.05) is 0 Å². The highest BCUT2D eigenvalue weighted by atomic mass is 35.5. The number of halogens is 1. The number of nitrogen functional groups attached to an aromatic ring is 1. The van der Waals surface area contributed by atoms with Gasteiger partial charge in [0.25, 0.3) is 0 Å². The van der Waals surface area contributed by atoms with E-state index in [0.29, 0.717) is 11.6 Å². The summed E-state index contributed by atoms with van der Waals surface area (Å²) in [7, 11) is -3.59. The molecule has 1 aromatic rings. The summed E-state index contributed by atoms with van der Waals surface area (Å²) in [5, 5.41) is 0.166. The van der Waals surface area contributed by atoms with Gasteiger partial charge in [0.1, 0.15) is 4.90 Å². The topological polar surface area (TPSA) is 72.2 Å². The summed E-state index contributed by atoms with van der Waals surface area (Å²) in [5.74, 6) is 0.347. The van der Waals surface area contributed by atoms with Crippen molar-refractivity contribution in [2.75, 3.05) is 5.73 Å². The van der Waals surface area contributed by atoms with E-state index in [0.717, 1.165) is 19.3 Å². The smallest absolute Gasteiger partial charge is 0.242 e. The molecule has 1 aliphatic carbocycles. The number of sulfonamides is 1. The van der Waals surface area contributed by atoms with Gasteiger partial charge in [-0.15, -0.1) is 0 Å².